The second kappa shape index (κ2) is 4.80. The molecule has 2 nitrogen and oxygen atoms in total. The van der Waals surface area contributed by atoms with Crippen LogP contribution in [0.25, 0.3) is 0 Å². The van der Waals surface area contributed by atoms with Crippen LogP contribution in [-0.4, -0.2) is 12.9 Å². The van der Waals surface area contributed by atoms with E-state index in [0.29, 0.717) is 27.2 Å². The van der Waals surface area contributed by atoms with Crippen molar-refractivity contribution in [2.45, 2.75) is 13.3 Å². The zero-order chi connectivity index (χ0) is 10.7. The van der Waals surface area contributed by atoms with Crippen molar-refractivity contribution in [3.63, 3.8) is 0 Å². The molecule has 0 heterocycles. The summed E-state index contributed by atoms with van der Waals surface area (Å²) in [6, 6.07) is 3.32. The molecule has 0 amide bonds. The monoisotopic (exact) mass is 276 g/mol. The summed E-state index contributed by atoms with van der Waals surface area (Å²) >= 11 is 9.14. The Kier molecular flexibility index (Phi) is 3.96. The van der Waals surface area contributed by atoms with Gasteiger partial charge in [-0.25, -0.2) is 0 Å². The van der Waals surface area contributed by atoms with E-state index in [2.05, 4.69) is 15.9 Å². The van der Waals surface area contributed by atoms with Crippen LogP contribution >= 0.6 is 27.5 Å². The molecule has 0 radical (unpaired) electrons. The minimum atomic E-state index is 0.0186. The van der Waals surface area contributed by atoms with Crippen LogP contribution in [0.5, 0.6) is 5.75 Å². The van der Waals surface area contributed by atoms with Crippen molar-refractivity contribution >= 4 is 33.3 Å². The zero-order valence-electron chi connectivity index (χ0n) is 7.93. The molecule has 0 aliphatic heterocycles. The largest absolute Gasteiger partial charge is 0.495 e. The number of benzene rings is 1. The smallest absolute Gasteiger partial charge is 0.166 e. The first-order chi connectivity index (χ1) is 6.60. The van der Waals surface area contributed by atoms with Gasteiger partial charge in [0.05, 0.1) is 17.1 Å². The van der Waals surface area contributed by atoms with Crippen LogP contribution in [-0.2, 0) is 0 Å². The van der Waals surface area contributed by atoms with E-state index in [4.69, 9.17) is 16.3 Å². The summed E-state index contributed by atoms with van der Waals surface area (Å²) in [7, 11) is 1.53. The summed E-state index contributed by atoms with van der Waals surface area (Å²) in [6.45, 7) is 1.80. The average Bonchev–Trinajstić information content (AvgIpc) is 2.15. The number of Topliss-reactive ketones (excluding diaryl/α,β-unsaturated/α-hetero) is 1. The van der Waals surface area contributed by atoms with Crippen LogP contribution in [0, 0.1) is 0 Å². The molecule has 0 aliphatic carbocycles. The Morgan fingerprint density at radius 1 is 1.57 bits per heavy atom. The van der Waals surface area contributed by atoms with E-state index in [1.54, 1.807) is 19.1 Å². The fourth-order valence-corrected chi connectivity index (χ4v) is 2.14. The molecule has 0 bridgehead atoms. The van der Waals surface area contributed by atoms with Crippen molar-refractivity contribution in [1.29, 1.82) is 0 Å². The number of halogens is 2. The number of hydrogen-bond acceptors (Lipinski definition) is 2. The van der Waals surface area contributed by atoms with E-state index >= 15 is 0 Å². The molecule has 1 aromatic carbocycles. The van der Waals surface area contributed by atoms with Crippen LogP contribution in [0.3, 0.4) is 0 Å². The second-order valence-electron chi connectivity index (χ2n) is 2.75. The lowest BCUT2D eigenvalue weighted by Gasteiger charge is -2.09. The third-order valence-corrected chi connectivity index (χ3v) is 2.64. The van der Waals surface area contributed by atoms with Gasteiger partial charge in [-0.15, -0.1) is 0 Å². The average molecular weight is 278 g/mol. The van der Waals surface area contributed by atoms with E-state index in [9.17, 15) is 4.79 Å². The summed E-state index contributed by atoms with van der Waals surface area (Å²) in [4.78, 5) is 11.5. The predicted octanol–water partition coefficient (Wildman–Crippen LogP) is 3.70. The molecule has 0 N–H and O–H groups in total. The van der Waals surface area contributed by atoms with Gasteiger partial charge in [0.25, 0.3) is 0 Å². The number of hydrogen-bond donors (Lipinski definition) is 0. The minimum absolute atomic E-state index is 0.0186. The molecule has 0 saturated heterocycles. The molecule has 4 heteroatoms. The number of carbonyl (C=O) groups is 1. The number of rotatable bonds is 3. The van der Waals surface area contributed by atoms with Gasteiger partial charge in [-0.1, -0.05) is 18.5 Å². The van der Waals surface area contributed by atoms with Crippen molar-refractivity contribution in [2.75, 3.05) is 7.11 Å². The molecule has 0 aromatic heterocycles. The Bertz CT molecular complexity index is 363. The fraction of sp³-hybridized carbons (Fsp3) is 0.300. The maximum atomic E-state index is 11.5. The molecule has 1 rings (SSSR count). The topological polar surface area (TPSA) is 26.3 Å². The highest BCUT2D eigenvalue weighted by Crippen LogP contribution is 2.33. The molecule has 0 unspecified atom stereocenters. The van der Waals surface area contributed by atoms with Gasteiger partial charge >= 0.3 is 0 Å². The van der Waals surface area contributed by atoms with Crippen molar-refractivity contribution in [3.05, 3.63) is 27.2 Å². The Balaban J connectivity index is 3.32. The summed E-state index contributed by atoms with van der Waals surface area (Å²) in [5, 5.41) is 0.523. The third kappa shape index (κ3) is 2.28. The second-order valence-corrected chi connectivity index (χ2v) is 4.04. The Morgan fingerprint density at radius 2 is 2.21 bits per heavy atom. The van der Waals surface area contributed by atoms with Gasteiger partial charge in [0.2, 0.25) is 0 Å². The summed E-state index contributed by atoms with van der Waals surface area (Å²) < 4.78 is 5.83. The standard InChI is InChI=1S/C10H10BrClO2/c1-3-9(13)7-4-6(12)5-8(11)10(7)14-2/h4-5H,3H2,1-2H3. The fourth-order valence-electron chi connectivity index (χ4n) is 1.17. The number of methoxy groups -OCH3 is 1. The highest BCUT2D eigenvalue weighted by atomic mass is 79.9. The van der Waals surface area contributed by atoms with Gasteiger partial charge in [0, 0.05) is 11.4 Å². The van der Waals surface area contributed by atoms with Gasteiger partial charge in [-0.05, 0) is 28.1 Å². The van der Waals surface area contributed by atoms with E-state index in [1.165, 1.54) is 7.11 Å². The van der Waals surface area contributed by atoms with Gasteiger partial charge in [-0.2, -0.15) is 0 Å². The molecule has 0 spiro atoms. The first-order valence-electron chi connectivity index (χ1n) is 4.16. The van der Waals surface area contributed by atoms with Crippen molar-refractivity contribution < 1.29 is 9.53 Å². The molecule has 0 atom stereocenters. The van der Waals surface area contributed by atoms with Gasteiger partial charge in [0.1, 0.15) is 5.75 Å². The van der Waals surface area contributed by atoms with Crippen LogP contribution in [0.2, 0.25) is 5.02 Å². The van der Waals surface area contributed by atoms with Crippen LogP contribution < -0.4 is 4.74 Å². The van der Waals surface area contributed by atoms with Gasteiger partial charge in [-0.3, -0.25) is 4.79 Å². The molecule has 0 fully saturated rings. The zero-order valence-corrected chi connectivity index (χ0v) is 10.3. The molecule has 76 valence electrons. The van der Waals surface area contributed by atoms with E-state index < -0.39 is 0 Å². The lowest BCUT2D eigenvalue weighted by molar-refractivity contribution is 0.0985. The summed E-state index contributed by atoms with van der Waals surface area (Å²) in [6.07, 6.45) is 0.434. The van der Waals surface area contributed by atoms with Crippen molar-refractivity contribution in [1.82, 2.24) is 0 Å². The van der Waals surface area contributed by atoms with E-state index in [0.717, 1.165) is 0 Å². The Morgan fingerprint density at radius 3 is 2.71 bits per heavy atom. The molecule has 14 heavy (non-hydrogen) atoms. The molecule has 0 aliphatic rings. The lowest BCUT2D eigenvalue weighted by atomic mass is 10.1. The van der Waals surface area contributed by atoms with Crippen LogP contribution in [0.4, 0.5) is 0 Å². The van der Waals surface area contributed by atoms with Crippen LogP contribution in [0.15, 0.2) is 16.6 Å². The SMILES string of the molecule is CCC(=O)c1cc(Cl)cc(Br)c1OC. The lowest BCUT2D eigenvalue weighted by Crippen LogP contribution is -2.01. The molecular formula is C10H10BrClO2. The highest BCUT2D eigenvalue weighted by molar-refractivity contribution is 9.10. The van der Waals surface area contributed by atoms with Gasteiger partial charge < -0.3 is 4.74 Å². The third-order valence-electron chi connectivity index (χ3n) is 1.83. The molecule has 1 aromatic rings. The minimum Gasteiger partial charge on any atom is -0.495 e. The summed E-state index contributed by atoms with van der Waals surface area (Å²) in [5.74, 6) is 0.561. The quantitative estimate of drug-likeness (QED) is 0.787. The van der Waals surface area contributed by atoms with E-state index in [-0.39, 0.29) is 5.78 Å². The maximum absolute atomic E-state index is 11.5. The van der Waals surface area contributed by atoms with Crippen LogP contribution in [0.1, 0.15) is 23.7 Å². The number of ketones is 1. The molecular weight excluding hydrogens is 267 g/mol. The predicted molar refractivity (Wildman–Crippen MR) is 60.3 cm³/mol. The molecule has 0 saturated carbocycles. The summed E-state index contributed by atoms with van der Waals surface area (Å²) in [5.41, 5.74) is 0.523. The number of carbonyl (C=O) groups excluding carboxylic acids is 1. The van der Waals surface area contributed by atoms with Gasteiger partial charge in [0.15, 0.2) is 5.78 Å². The Labute approximate surface area is 96.3 Å². The highest BCUT2D eigenvalue weighted by Gasteiger charge is 2.14. The maximum Gasteiger partial charge on any atom is 0.166 e. The number of ether oxygens (including phenoxy) is 1. The van der Waals surface area contributed by atoms with E-state index in [1.807, 2.05) is 0 Å². The normalized spacial score (nSPS) is 10.0. The first kappa shape index (κ1) is 11.5. The first-order valence-corrected chi connectivity index (χ1v) is 5.33. The van der Waals surface area contributed by atoms with Crippen molar-refractivity contribution in [2.24, 2.45) is 0 Å². The Hall–Kier alpha value is -0.540. The van der Waals surface area contributed by atoms with Crippen molar-refractivity contribution in [3.8, 4) is 5.75 Å².